The number of carbonyl (C=O) groups is 1. The Balaban J connectivity index is 0.00000220. The summed E-state index contributed by atoms with van der Waals surface area (Å²) in [6.45, 7) is 0. The van der Waals surface area contributed by atoms with Crippen molar-refractivity contribution in [2.75, 3.05) is 0 Å². The molecule has 118 valence electrons. The molecule has 2 heterocycles. The first-order chi connectivity index (χ1) is 9.59. The maximum absolute atomic E-state index is 11.7. The van der Waals surface area contributed by atoms with Gasteiger partial charge in [-0.3, -0.25) is 13.9 Å². The van der Waals surface area contributed by atoms with E-state index in [0.717, 1.165) is 25.7 Å². The van der Waals surface area contributed by atoms with Gasteiger partial charge < -0.3 is 10.8 Å². The molecule has 0 bridgehead atoms. The fraction of sp³-hybridized carbons (Fsp3) is 0.615. The summed E-state index contributed by atoms with van der Waals surface area (Å²) in [5, 5.41) is 12.5. The number of hydrogen-bond donors (Lipinski definition) is 2. The molecule has 0 saturated carbocycles. The molecule has 1 aromatic rings. The van der Waals surface area contributed by atoms with Gasteiger partial charge in [0.15, 0.2) is 5.82 Å². The highest BCUT2D eigenvalue weighted by atomic mass is 35.5. The highest BCUT2D eigenvalue weighted by molar-refractivity contribution is 5.85. The second kappa shape index (κ2) is 7.99. The lowest BCUT2D eigenvalue weighted by Gasteiger charge is -2.13. The van der Waals surface area contributed by atoms with Crippen molar-refractivity contribution in [3.8, 4) is 0 Å². The molecule has 1 aliphatic rings. The van der Waals surface area contributed by atoms with Gasteiger partial charge in [0.05, 0.1) is 0 Å². The number of carboxylic acids is 1. The van der Waals surface area contributed by atoms with E-state index in [1.807, 2.05) is 6.08 Å². The van der Waals surface area contributed by atoms with E-state index in [4.69, 9.17) is 15.4 Å². The Hall–Kier alpha value is -1.60. The van der Waals surface area contributed by atoms with Crippen molar-refractivity contribution in [2.24, 2.45) is 5.73 Å². The summed E-state index contributed by atoms with van der Waals surface area (Å²) in [7, 11) is 0. The number of hydrogen-bond acceptors (Lipinski definition) is 5. The van der Waals surface area contributed by atoms with Crippen LogP contribution in [0.3, 0.4) is 0 Å². The van der Waals surface area contributed by atoms with E-state index in [1.165, 1.54) is 0 Å². The van der Waals surface area contributed by atoms with Gasteiger partial charge >= 0.3 is 11.7 Å². The number of aryl methyl sites for hydroxylation is 1. The maximum atomic E-state index is 11.7. The molecule has 0 unspecified atom stereocenters. The molecule has 0 aromatic carbocycles. The van der Waals surface area contributed by atoms with Crippen LogP contribution in [-0.4, -0.2) is 26.8 Å². The van der Waals surface area contributed by atoms with Crippen LogP contribution < -0.4 is 11.5 Å². The Morgan fingerprint density at radius 3 is 3.00 bits per heavy atom. The summed E-state index contributed by atoms with van der Waals surface area (Å²) in [5.41, 5.74) is 5.41. The summed E-state index contributed by atoms with van der Waals surface area (Å²) in [5.74, 6) is -0.725. The van der Waals surface area contributed by atoms with Crippen LogP contribution in [0.4, 0.5) is 0 Å². The number of rotatable bonds is 5. The monoisotopic (exact) mass is 317 g/mol. The molecule has 1 aliphatic heterocycles. The van der Waals surface area contributed by atoms with Crippen LogP contribution in [0.15, 0.2) is 21.5 Å². The SMILES string of the molecule is Cl.N[C@@H](C/C=C\C[C@H]1CCCCc2noc(=O)n21)C(=O)O. The minimum Gasteiger partial charge on any atom is -0.480 e. The smallest absolute Gasteiger partial charge is 0.441 e. The second-order valence-electron chi connectivity index (χ2n) is 5.02. The van der Waals surface area contributed by atoms with Gasteiger partial charge in [0.25, 0.3) is 0 Å². The molecule has 1 aromatic heterocycles. The van der Waals surface area contributed by atoms with E-state index in [0.29, 0.717) is 12.2 Å². The molecule has 0 amide bonds. The normalized spacial score (nSPS) is 19.6. The van der Waals surface area contributed by atoms with E-state index in [1.54, 1.807) is 10.6 Å². The van der Waals surface area contributed by atoms with Crippen molar-refractivity contribution in [1.82, 2.24) is 9.72 Å². The number of halogens is 1. The predicted octanol–water partition coefficient (Wildman–Crippen LogP) is 1.27. The van der Waals surface area contributed by atoms with E-state index in [-0.39, 0.29) is 24.9 Å². The number of aromatic nitrogens is 2. The molecule has 2 rings (SSSR count). The molecule has 2 atom stereocenters. The number of allylic oxidation sites excluding steroid dienone is 1. The fourth-order valence-corrected chi connectivity index (χ4v) is 2.42. The summed E-state index contributed by atoms with van der Waals surface area (Å²) in [6.07, 6.45) is 8.25. The lowest BCUT2D eigenvalue weighted by molar-refractivity contribution is -0.138. The fourth-order valence-electron chi connectivity index (χ4n) is 2.42. The summed E-state index contributed by atoms with van der Waals surface area (Å²) < 4.78 is 6.33. The third kappa shape index (κ3) is 4.44. The number of nitrogens with zero attached hydrogens (tertiary/aromatic N) is 2. The molecule has 21 heavy (non-hydrogen) atoms. The van der Waals surface area contributed by atoms with E-state index >= 15 is 0 Å². The van der Waals surface area contributed by atoms with E-state index < -0.39 is 17.8 Å². The molecule has 0 saturated heterocycles. The predicted molar refractivity (Wildman–Crippen MR) is 78.6 cm³/mol. The van der Waals surface area contributed by atoms with Crippen molar-refractivity contribution in [3.63, 3.8) is 0 Å². The lowest BCUT2D eigenvalue weighted by atomic mass is 10.1. The minimum atomic E-state index is -1.01. The average Bonchev–Trinajstić information content (AvgIpc) is 2.66. The Morgan fingerprint density at radius 1 is 1.52 bits per heavy atom. The number of fused-ring (bicyclic) bond motifs is 1. The zero-order valence-corrected chi connectivity index (χ0v) is 12.4. The van der Waals surface area contributed by atoms with Crippen molar-refractivity contribution in [3.05, 3.63) is 28.5 Å². The van der Waals surface area contributed by atoms with Gasteiger partial charge in [0, 0.05) is 12.5 Å². The molecular formula is C13H20ClN3O4. The third-order valence-corrected chi connectivity index (χ3v) is 3.54. The maximum Gasteiger partial charge on any atom is 0.441 e. The number of nitrogens with two attached hydrogens (primary N) is 1. The molecular weight excluding hydrogens is 298 g/mol. The Morgan fingerprint density at radius 2 is 2.29 bits per heavy atom. The average molecular weight is 318 g/mol. The topological polar surface area (TPSA) is 111 Å². The molecule has 3 N–H and O–H groups in total. The standard InChI is InChI=1S/C13H19N3O4.ClH/c14-10(12(17)18)7-3-1-5-9-6-2-4-8-11-15-20-13(19)16(9)11;/h1,3,9-10H,2,4-8,14H2,(H,17,18);1H/b3-1-;/t9-,10-;/m0./s1. The molecule has 0 radical (unpaired) electrons. The molecule has 7 nitrogen and oxygen atoms in total. The van der Waals surface area contributed by atoms with Gasteiger partial charge in [0.1, 0.15) is 6.04 Å². The zero-order valence-electron chi connectivity index (χ0n) is 11.6. The first kappa shape index (κ1) is 17.5. The molecule has 0 spiro atoms. The second-order valence-corrected chi connectivity index (χ2v) is 5.02. The number of carboxylic acid groups (broad SMARTS) is 1. The highest BCUT2D eigenvalue weighted by Gasteiger charge is 2.21. The largest absolute Gasteiger partial charge is 0.480 e. The van der Waals surface area contributed by atoms with Gasteiger partial charge in [-0.25, -0.2) is 4.79 Å². The van der Waals surface area contributed by atoms with Crippen LogP contribution in [0.2, 0.25) is 0 Å². The first-order valence-corrected chi connectivity index (χ1v) is 6.80. The van der Waals surface area contributed by atoms with Crippen LogP contribution in [-0.2, 0) is 11.2 Å². The Labute approximate surface area is 128 Å². The summed E-state index contributed by atoms with van der Waals surface area (Å²) >= 11 is 0. The van der Waals surface area contributed by atoms with Crippen LogP contribution >= 0.6 is 12.4 Å². The molecule has 0 fully saturated rings. The summed E-state index contributed by atoms with van der Waals surface area (Å²) in [4.78, 5) is 22.3. The first-order valence-electron chi connectivity index (χ1n) is 6.80. The van der Waals surface area contributed by atoms with Crippen molar-refractivity contribution >= 4 is 18.4 Å². The molecule has 8 heteroatoms. The van der Waals surface area contributed by atoms with E-state index in [2.05, 4.69) is 5.16 Å². The highest BCUT2D eigenvalue weighted by Crippen LogP contribution is 2.24. The van der Waals surface area contributed by atoms with Crippen molar-refractivity contribution in [1.29, 1.82) is 0 Å². The van der Waals surface area contributed by atoms with Gasteiger partial charge in [-0.05, 0) is 25.7 Å². The van der Waals surface area contributed by atoms with Gasteiger partial charge in [-0.2, -0.15) is 0 Å². The van der Waals surface area contributed by atoms with Gasteiger partial charge in [-0.1, -0.05) is 23.7 Å². The van der Waals surface area contributed by atoms with Gasteiger partial charge in [-0.15, -0.1) is 12.4 Å². The zero-order chi connectivity index (χ0) is 14.5. The van der Waals surface area contributed by atoms with Crippen LogP contribution in [0.1, 0.15) is 44.0 Å². The molecule has 0 aliphatic carbocycles. The van der Waals surface area contributed by atoms with Crippen LogP contribution in [0, 0.1) is 0 Å². The Bertz CT molecular complexity index is 552. The quantitative estimate of drug-likeness (QED) is 0.791. The van der Waals surface area contributed by atoms with Crippen LogP contribution in [0.25, 0.3) is 0 Å². The van der Waals surface area contributed by atoms with E-state index in [9.17, 15) is 9.59 Å². The number of aliphatic carboxylic acids is 1. The van der Waals surface area contributed by atoms with Crippen LogP contribution in [0.5, 0.6) is 0 Å². The Kier molecular flexibility index (Phi) is 6.64. The third-order valence-electron chi connectivity index (χ3n) is 3.54. The lowest BCUT2D eigenvalue weighted by Crippen LogP contribution is -2.29. The van der Waals surface area contributed by atoms with Crippen molar-refractivity contribution in [2.45, 2.75) is 50.6 Å². The summed E-state index contributed by atoms with van der Waals surface area (Å²) in [6, 6.07) is -0.849. The van der Waals surface area contributed by atoms with Gasteiger partial charge in [0.2, 0.25) is 0 Å². The van der Waals surface area contributed by atoms with Crippen molar-refractivity contribution < 1.29 is 14.4 Å². The minimum absolute atomic E-state index is 0.